The van der Waals surface area contributed by atoms with Crippen LogP contribution in [0.25, 0.3) is 0 Å². The monoisotopic (exact) mass is 594 g/mol. The van der Waals surface area contributed by atoms with E-state index in [1.54, 1.807) is 13.8 Å². The Bertz CT molecular complexity index is 1200. The molecule has 2 bridgehead atoms. The minimum absolute atomic E-state index is 0.0634. The van der Waals surface area contributed by atoms with E-state index in [-0.39, 0.29) is 19.4 Å². The minimum Gasteiger partial charge on any atom is -0.462 e. The van der Waals surface area contributed by atoms with Crippen LogP contribution in [0.2, 0.25) is 0 Å². The molecule has 1 saturated heterocycles. The zero-order chi connectivity index (χ0) is 31.5. The summed E-state index contributed by atoms with van der Waals surface area (Å²) in [5.41, 5.74) is -2.37. The molecular weight excluding hydrogens is 552 g/mol. The SMILES string of the molecule is CC(=O)O[C@H]1[C@H]2C[C@H](OC(C)=O)C(C)=C([C@@H](OC(C)=O)[C@H](OC(C)=O)[C@@]3(C)[C@@H](OC(C)=O)C[C@H](O)[C@@]4(CO4)[C@H]13)C2(C)C. The molecule has 0 aromatic rings. The van der Waals surface area contributed by atoms with Gasteiger partial charge in [-0.2, -0.15) is 0 Å². The number of aliphatic hydroxyl groups is 1. The number of hydrogen-bond acceptors (Lipinski definition) is 12. The fourth-order valence-corrected chi connectivity index (χ4v) is 8.19. The van der Waals surface area contributed by atoms with Gasteiger partial charge in [0.1, 0.15) is 23.9 Å². The van der Waals surface area contributed by atoms with Crippen LogP contribution in [0.4, 0.5) is 0 Å². The number of carbonyl (C=O) groups is 5. The molecule has 4 rings (SSSR count). The first-order valence-electron chi connectivity index (χ1n) is 14.3. The van der Waals surface area contributed by atoms with E-state index in [9.17, 15) is 29.1 Å². The predicted molar refractivity (Wildman–Crippen MR) is 143 cm³/mol. The third-order valence-corrected chi connectivity index (χ3v) is 9.77. The Kier molecular flexibility index (Phi) is 8.31. The number of esters is 5. The summed E-state index contributed by atoms with van der Waals surface area (Å²) in [7, 11) is 0. The summed E-state index contributed by atoms with van der Waals surface area (Å²) in [6, 6.07) is 0. The van der Waals surface area contributed by atoms with Crippen molar-refractivity contribution in [3.63, 3.8) is 0 Å². The van der Waals surface area contributed by atoms with Gasteiger partial charge in [0.25, 0.3) is 0 Å². The van der Waals surface area contributed by atoms with Crippen LogP contribution in [0.15, 0.2) is 11.1 Å². The van der Waals surface area contributed by atoms with Crippen LogP contribution < -0.4 is 0 Å². The molecule has 0 aromatic carbocycles. The largest absolute Gasteiger partial charge is 0.462 e. The molecule has 1 spiro atoms. The van der Waals surface area contributed by atoms with Crippen LogP contribution in [0.1, 0.15) is 75.2 Å². The standard InChI is InChI=1S/C30H42O12/c1-13-20(38-14(2)31)10-19-24(40-16(4)33)26-29(9,22(39-15(3)32)11-21(36)30(26)12-37-30)27(42-18(6)35)25(41-17(5)34)23(13)28(19,7)8/h19-22,24-27,36H,10-12H2,1-9H3/t19-,20+,21+,22+,24+,25-,26-,27+,29+,30+/m1/s1. The van der Waals surface area contributed by atoms with E-state index in [0.29, 0.717) is 11.1 Å². The number of carbonyl (C=O) groups excluding carboxylic acids is 5. The van der Waals surface area contributed by atoms with Gasteiger partial charge < -0.3 is 33.5 Å². The molecule has 0 amide bonds. The Morgan fingerprint density at radius 2 is 1.31 bits per heavy atom. The smallest absolute Gasteiger partial charge is 0.303 e. The van der Waals surface area contributed by atoms with Gasteiger partial charge in [-0.25, -0.2) is 0 Å². The molecular formula is C30H42O12. The van der Waals surface area contributed by atoms with E-state index in [1.165, 1.54) is 34.6 Å². The molecule has 42 heavy (non-hydrogen) atoms. The van der Waals surface area contributed by atoms with Gasteiger partial charge in [0.05, 0.1) is 18.1 Å². The van der Waals surface area contributed by atoms with Crippen LogP contribution in [0.5, 0.6) is 0 Å². The molecule has 0 unspecified atom stereocenters. The molecule has 0 aromatic heterocycles. The highest BCUT2D eigenvalue weighted by Gasteiger charge is 2.76. The quantitative estimate of drug-likeness (QED) is 0.214. The molecule has 0 radical (unpaired) electrons. The molecule has 1 heterocycles. The molecule has 10 atom stereocenters. The first-order valence-corrected chi connectivity index (χ1v) is 14.3. The lowest BCUT2D eigenvalue weighted by atomic mass is 9.47. The second kappa shape index (κ2) is 10.9. The van der Waals surface area contributed by atoms with Gasteiger partial charge in [-0.3, -0.25) is 24.0 Å². The Hall–Kier alpha value is -2.99. The molecule has 12 nitrogen and oxygen atoms in total. The Morgan fingerprint density at radius 1 is 0.786 bits per heavy atom. The molecule has 4 aliphatic rings. The van der Waals surface area contributed by atoms with Crippen molar-refractivity contribution >= 4 is 29.8 Å². The Labute approximate surface area is 245 Å². The van der Waals surface area contributed by atoms with Gasteiger partial charge in [0.15, 0.2) is 12.2 Å². The van der Waals surface area contributed by atoms with E-state index in [1.807, 2.05) is 13.8 Å². The number of aliphatic hydroxyl groups excluding tert-OH is 1. The summed E-state index contributed by atoms with van der Waals surface area (Å²) >= 11 is 0. The third-order valence-electron chi connectivity index (χ3n) is 9.77. The van der Waals surface area contributed by atoms with Crippen molar-refractivity contribution in [3.8, 4) is 0 Å². The number of rotatable bonds is 5. The second-order valence-electron chi connectivity index (χ2n) is 12.8. The summed E-state index contributed by atoms with van der Waals surface area (Å²) in [5.74, 6) is -4.60. The van der Waals surface area contributed by atoms with Crippen LogP contribution in [0.3, 0.4) is 0 Å². The van der Waals surface area contributed by atoms with E-state index >= 15 is 0 Å². The van der Waals surface area contributed by atoms with Crippen molar-refractivity contribution in [1.82, 2.24) is 0 Å². The zero-order valence-corrected chi connectivity index (χ0v) is 25.7. The van der Waals surface area contributed by atoms with Crippen molar-refractivity contribution in [2.45, 2.75) is 117 Å². The Balaban J connectivity index is 2.14. The second-order valence-corrected chi connectivity index (χ2v) is 12.8. The molecule has 1 N–H and O–H groups in total. The van der Waals surface area contributed by atoms with Crippen molar-refractivity contribution in [3.05, 3.63) is 11.1 Å². The zero-order valence-electron chi connectivity index (χ0n) is 25.7. The number of epoxide rings is 1. The Morgan fingerprint density at radius 3 is 1.79 bits per heavy atom. The average molecular weight is 595 g/mol. The topological polar surface area (TPSA) is 164 Å². The maximum absolute atomic E-state index is 12.8. The number of hydrogen-bond donors (Lipinski definition) is 1. The van der Waals surface area contributed by atoms with E-state index in [0.717, 1.165) is 0 Å². The van der Waals surface area contributed by atoms with Gasteiger partial charge in [0, 0.05) is 52.9 Å². The number of ether oxygens (including phenoxy) is 6. The average Bonchev–Trinajstić information content (AvgIpc) is 3.61. The minimum atomic E-state index is -1.40. The van der Waals surface area contributed by atoms with Gasteiger partial charge in [-0.15, -0.1) is 0 Å². The van der Waals surface area contributed by atoms with E-state index in [2.05, 4.69) is 0 Å². The van der Waals surface area contributed by atoms with Gasteiger partial charge in [0.2, 0.25) is 0 Å². The van der Waals surface area contributed by atoms with Crippen molar-refractivity contribution < 1.29 is 57.5 Å². The molecule has 234 valence electrons. The van der Waals surface area contributed by atoms with Gasteiger partial charge in [-0.1, -0.05) is 20.8 Å². The number of fused-ring (bicyclic) bond motifs is 4. The molecule has 3 aliphatic carbocycles. The van der Waals surface area contributed by atoms with Crippen LogP contribution >= 0.6 is 0 Å². The normalized spacial score (nSPS) is 40.0. The fourth-order valence-electron chi connectivity index (χ4n) is 8.19. The maximum Gasteiger partial charge on any atom is 0.303 e. The summed E-state index contributed by atoms with van der Waals surface area (Å²) < 4.78 is 35.8. The van der Waals surface area contributed by atoms with Crippen molar-refractivity contribution in [2.75, 3.05) is 6.61 Å². The fraction of sp³-hybridized carbons (Fsp3) is 0.767. The summed E-state index contributed by atoms with van der Waals surface area (Å²) in [5, 5.41) is 11.5. The lowest BCUT2D eigenvalue weighted by Crippen LogP contribution is -2.72. The van der Waals surface area contributed by atoms with Crippen molar-refractivity contribution in [2.24, 2.45) is 22.7 Å². The molecule has 3 fully saturated rings. The maximum atomic E-state index is 12.8. The first-order chi connectivity index (χ1) is 19.4. The highest BCUT2D eigenvalue weighted by Crippen LogP contribution is 2.65. The van der Waals surface area contributed by atoms with E-state index < -0.39 is 94.7 Å². The van der Waals surface area contributed by atoms with Gasteiger partial charge in [-0.05, 0) is 29.9 Å². The van der Waals surface area contributed by atoms with Crippen LogP contribution in [-0.2, 0) is 52.4 Å². The summed E-state index contributed by atoms with van der Waals surface area (Å²) in [6.45, 7) is 13.6. The van der Waals surface area contributed by atoms with Crippen LogP contribution in [-0.4, -0.2) is 83.8 Å². The predicted octanol–water partition coefficient (Wildman–Crippen LogP) is 2.18. The lowest BCUT2D eigenvalue weighted by molar-refractivity contribution is -0.256. The highest BCUT2D eigenvalue weighted by molar-refractivity contribution is 5.69. The third kappa shape index (κ3) is 5.21. The summed E-state index contributed by atoms with van der Waals surface area (Å²) in [6.07, 6.45) is -6.28. The molecule has 2 saturated carbocycles. The van der Waals surface area contributed by atoms with Gasteiger partial charge >= 0.3 is 29.8 Å². The summed E-state index contributed by atoms with van der Waals surface area (Å²) in [4.78, 5) is 62.9. The lowest BCUT2D eigenvalue weighted by Gasteiger charge is -2.62. The highest BCUT2D eigenvalue weighted by atomic mass is 16.6. The molecule has 1 aliphatic heterocycles. The molecule has 12 heteroatoms. The van der Waals surface area contributed by atoms with E-state index in [4.69, 9.17) is 28.4 Å². The first kappa shape index (κ1) is 31.9. The van der Waals surface area contributed by atoms with Crippen LogP contribution in [0, 0.1) is 22.7 Å². The van der Waals surface area contributed by atoms with Crippen molar-refractivity contribution in [1.29, 1.82) is 0 Å².